The number of carbonyl (C=O) groups excluding carboxylic acids is 1. The molecule has 1 aliphatic heterocycles. The van der Waals surface area contributed by atoms with Crippen LogP contribution in [-0.4, -0.2) is 30.0 Å². The van der Waals surface area contributed by atoms with Crippen molar-refractivity contribution in [1.29, 1.82) is 5.41 Å². The van der Waals surface area contributed by atoms with Crippen LogP contribution in [0.2, 0.25) is 5.02 Å². The predicted molar refractivity (Wildman–Crippen MR) is 97.7 cm³/mol. The molecule has 0 amide bonds. The van der Waals surface area contributed by atoms with Gasteiger partial charge in [-0.15, -0.1) is 11.3 Å². The SMILES string of the molecule is COc1cc(Cl)c(/C=C2\SC(=N)[C@H](c3nccs3)C2=O)cc1OC. The van der Waals surface area contributed by atoms with E-state index in [2.05, 4.69) is 4.98 Å². The van der Waals surface area contributed by atoms with Gasteiger partial charge in [0.05, 0.1) is 29.2 Å². The second-order valence-electron chi connectivity index (χ2n) is 4.87. The molecule has 5 nitrogen and oxygen atoms in total. The molecule has 0 unspecified atom stereocenters. The third-order valence-electron chi connectivity index (χ3n) is 3.47. The summed E-state index contributed by atoms with van der Waals surface area (Å²) in [5, 5.41) is 11.3. The Hall–Kier alpha value is -1.83. The molecule has 0 radical (unpaired) electrons. The summed E-state index contributed by atoms with van der Waals surface area (Å²) in [5.41, 5.74) is 0.637. The van der Waals surface area contributed by atoms with Gasteiger partial charge >= 0.3 is 0 Å². The van der Waals surface area contributed by atoms with Crippen LogP contribution in [-0.2, 0) is 4.79 Å². The Bertz CT molecular complexity index is 834. The van der Waals surface area contributed by atoms with Gasteiger partial charge in [0.25, 0.3) is 0 Å². The molecule has 1 fully saturated rings. The van der Waals surface area contributed by atoms with Crippen molar-refractivity contribution in [2.75, 3.05) is 14.2 Å². The number of rotatable bonds is 4. The summed E-state index contributed by atoms with van der Waals surface area (Å²) in [6.45, 7) is 0. The topological polar surface area (TPSA) is 72.3 Å². The number of hydrogen-bond acceptors (Lipinski definition) is 7. The lowest BCUT2D eigenvalue weighted by Crippen LogP contribution is -2.11. The second kappa shape index (κ2) is 6.96. The largest absolute Gasteiger partial charge is 0.493 e. The van der Waals surface area contributed by atoms with Crippen molar-refractivity contribution in [2.45, 2.75) is 5.92 Å². The average Bonchev–Trinajstić information content (AvgIpc) is 3.17. The number of nitrogens with one attached hydrogen (secondary N) is 1. The molecular formula is C16H13ClN2O3S2. The van der Waals surface area contributed by atoms with E-state index in [-0.39, 0.29) is 10.8 Å². The Balaban J connectivity index is 1.98. The summed E-state index contributed by atoms with van der Waals surface area (Å²) < 4.78 is 10.5. The highest BCUT2D eigenvalue weighted by Gasteiger charge is 2.38. The molecular weight excluding hydrogens is 368 g/mol. The lowest BCUT2D eigenvalue weighted by molar-refractivity contribution is -0.114. The number of halogens is 1. The molecule has 3 rings (SSSR count). The number of hydrogen-bond donors (Lipinski definition) is 1. The van der Waals surface area contributed by atoms with Crippen LogP contribution in [0.5, 0.6) is 11.5 Å². The number of benzene rings is 1. The van der Waals surface area contributed by atoms with Crippen molar-refractivity contribution in [3.63, 3.8) is 0 Å². The van der Waals surface area contributed by atoms with Crippen LogP contribution in [0.1, 0.15) is 16.5 Å². The third kappa shape index (κ3) is 3.07. The minimum absolute atomic E-state index is 0.134. The fourth-order valence-electron chi connectivity index (χ4n) is 2.31. The van der Waals surface area contributed by atoms with Gasteiger partial charge in [-0.25, -0.2) is 4.98 Å². The Labute approximate surface area is 152 Å². The summed E-state index contributed by atoms with van der Waals surface area (Å²) in [7, 11) is 3.06. The van der Waals surface area contributed by atoms with Crippen molar-refractivity contribution in [1.82, 2.24) is 4.98 Å². The van der Waals surface area contributed by atoms with E-state index < -0.39 is 5.92 Å². The maximum atomic E-state index is 12.6. The van der Waals surface area contributed by atoms with E-state index in [1.165, 1.54) is 25.6 Å². The Morgan fingerprint density at radius 2 is 2.00 bits per heavy atom. The Kier molecular flexibility index (Phi) is 4.93. The number of thioether (sulfide) groups is 1. The lowest BCUT2D eigenvalue weighted by Gasteiger charge is -2.10. The van der Waals surface area contributed by atoms with Gasteiger partial charge in [0.2, 0.25) is 0 Å². The molecule has 0 aliphatic carbocycles. The lowest BCUT2D eigenvalue weighted by atomic mass is 10.0. The van der Waals surface area contributed by atoms with Gasteiger partial charge in [0, 0.05) is 17.6 Å². The molecule has 0 saturated carbocycles. The number of nitrogens with zero attached hydrogens (tertiary/aromatic N) is 1. The summed E-state index contributed by atoms with van der Waals surface area (Å²) in [6, 6.07) is 3.35. The third-order valence-corrected chi connectivity index (χ3v) is 5.64. The summed E-state index contributed by atoms with van der Waals surface area (Å²) in [4.78, 5) is 17.3. The number of methoxy groups -OCH3 is 2. The van der Waals surface area contributed by atoms with Crippen LogP contribution in [0, 0.1) is 5.41 Å². The highest BCUT2D eigenvalue weighted by Crippen LogP contribution is 2.42. The predicted octanol–water partition coefficient (Wildman–Crippen LogP) is 4.23. The summed E-state index contributed by atoms with van der Waals surface area (Å²) in [6.07, 6.45) is 3.32. The molecule has 1 aliphatic rings. The first-order chi connectivity index (χ1) is 11.5. The molecule has 1 aromatic carbocycles. The molecule has 0 spiro atoms. The van der Waals surface area contributed by atoms with Crippen LogP contribution in [0.25, 0.3) is 6.08 Å². The number of ketones is 1. The van der Waals surface area contributed by atoms with E-state index >= 15 is 0 Å². The number of thiazole rings is 1. The molecule has 1 aromatic heterocycles. The normalized spacial score (nSPS) is 19.1. The van der Waals surface area contributed by atoms with Crippen LogP contribution in [0.15, 0.2) is 28.6 Å². The van der Waals surface area contributed by atoms with Gasteiger partial charge in [-0.3, -0.25) is 10.2 Å². The van der Waals surface area contributed by atoms with Crippen molar-refractivity contribution in [2.24, 2.45) is 0 Å². The van der Waals surface area contributed by atoms with Crippen LogP contribution in [0.4, 0.5) is 0 Å². The zero-order chi connectivity index (χ0) is 17.3. The number of allylic oxidation sites excluding steroid dienone is 1. The van der Waals surface area contributed by atoms with Gasteiger partial charge in [0.15, 0.2) is 17.3 Å². The number of carbonyl (C=O) groups is 1. The fourth-order valence-corrected chi connectivity index (χ4v) is 4.32. The van der Waals surface area contributed by atoms with Gasteiger partial charge in [-0.2, -0.15) is 0 Å². The molecule has 2 aromatic rings. The highest BCUT2D eigenvalue weighted by atomic mass is 35.5. The van der Waals surface area contributed by atoms with Gasteiger partial charge in [0.1, 0.15) is 10.9 Å². The van der Waals surface area contributed by atoms with E-state index in [1.807, 2.05) is 0 Å². The van der Waals surface area contributed by atoms with E-state index in [0.717, 1.165) is 11.8 Å². The smallest absolute Gasteiger partial charge is 0.186 e. The van der Waals surface area contributed by atoms with Crippen molar-refractivity contribution in [3.05, 3.63) is 44.2 Å². The zero-order valence-electron chi connectivity index (χ0n) is 12.8. The van der Waals surface area contributed by atoms with E-state index in [0.29, 0.717) is 32.0 Å². The van der Waals surface area contributed by atoms with Gasteiger partial charge in [-0.05, 0) is 17.7 Å². The summed E-state index contributed by atoms with van der Waals surface area (Å²) >= 11 is 8.78. The standard InChI is InChI=1S/C16H13ClN2O3S2/c1-21-10-5-8(9(17)7-11(10)22-2)6-12-14(20)13(15(18)24-12)16-19-3-4-23-16/h3-7,13,18H,1-2H3/b12-6-,18-15?/t13-/m1/s1. The summed E-state index contributed by atoms with van der Waals surface area (Å²) in [5.74, 6) is 0.296. The molecule has 24 heavy (non-hydrogen) atoms. The monoisotopic (exact) mass is 380 g/mol. The minimum Gasteiger partial charge on any atom is -0.493 e. The maximum absolute atomic E-state index is 12.6. The van der Waals surface area contributed by atoms with Crippen molar-refractivity contribution in [3.8, 4) is 11.5 Å². The van der Waals surface area contributed by atoms with Crippen molar-refractivity contribution >= 4 is 51.6 Å². The fraction of sp³-hybridized carbons (Fsp3) is 0.188. The first-order valence-corrected chi connectivity index (χ1v) is 8.95. The number of ether oxygens (including phenoxy) is 2. The minimum atomic E-state index is -0.611. The molecule has 2 heterocycles. The van der Waals surface area contributed by atoms with Crippen LogP contribution >= 0.6 is 34.7 Å². The first kappa shape index (κ1) is 17.0. The number of Topliss-reactive ketones (excluding diaryl/α,β-unsaturated/α-hetero) is 1. The first-order valence-electron chi connectivity index (χ1n) is 6.88. The molecule has 8 heteroatoms. The quantitative estimate of drug-likeness (QED) is 0.803. The van der Waals surface area contributed by atoms with E-state index in [9.17, 15) is 4.79 Å². The number of aromatic nitrogens is 1. The van der Waals surface area contributed by atoms with E-state index in [4.69, 9.17) is 26.5 Å². The van der Waals surface area contributed by atoms with Crippen molar-refractivity contribution < 1.29 is 14.3 Å². The molecule has 1 N–H and O–H groups in total. The molecule has 124 valence electrons. The highest BCUT2D eigenvalue weighted by molar-refractivity contribution is 8.19. The molecule has 1 saturated heterocycles. The van der Waals surface area contributed by atoms with E-state index in [1.54, 1.807) is 29.8 Å². The Morgan fingerprint density at radius 3 is 2.62 bits per heavy atom. The van der Waals surface area contributed by atoms with Crippen LogP contribution in [0.3, 0.4) is 0 Å². The Morgan fingerprint density at radius 1 is 1.29 bits per heavy atom. The zero-order valence-corrected chi connectivity index (χ0v) is 15.2. The second-order valence-corrected chi connectivity index (χ2v) is 7.29. The van der Waals surface area contributed by atoms with Gasteiger partial charge < -0.3 is 9.47 Å². The van der Waals surface area contributed by atoms with Gasteiger partial charge in [-0.1, -0.05) is 23.4 Å². The molecule has 0 bridgehead atoms. The van der Waals surface area contributed by atoms with Crippen LogP contribution < -0.4 is 9.47 Å². The molecule has 1 atom stereocenters. The maximum Gasteiger partial charge on any atom is 0.186 e. The average molecular weight is 381 g/mol.